The summed E-state index contributed by atoms with van der Waals surface area (Å²) in [5.41, 5.74) is 0.325. The molecule has 3 amide bonds. The minimum atomic E-state index is -1.33. The topological polar surface area (TPSA) is 136 Å². The lowest BCUT2D eigenvalue weighted by Gasteiger charge is -2.34. The predicted molar refractivity (Wildman–Crippen MR) is 85.6 cm³/mol. The number of aliphatic carboxylic acids is 1. The van der Waals surface area contributed by atoms with E-state index < -0.39 is 30.1 Å². The molecule has 0 spiro atoms. The number of carbonyl (C=O) groups excluding carboxylic acids is 3. The molecule has 0 aromatic carbocycles. The maximum Gasteiger partial charge on any atom is 0.305 e. The van der Waals surface area contributed by atoms with Gasteiger partial charge in [-0.3, -0.25) is 24.1 Å². The average Bonchev–Trinajstić information content (AvgIpc) is 2.81. The van der Waals surface area contributed by atoms with Gasteiger partial charge in [0, 0.05) is 24.7 Å². The van der Waals surface area contributed by atoms with Crippen molar-refractivity contribution in [3.05, 3.63) is 36.1 Å². The molecule has 2 heterocycles. The van der Waals surface area contributed by atoms with Gasteiger partial charge in [-0.2, -0.15) is 0 Å². The van der Waals surface area contributed by atoms with E-state index in [1.165, 1.54) is 12.2 Å². The number of carbonyl (C=O) groups is 4. The van der Waals surface area contributed by atoms with Gasteiger partial charge in [0.2, 0.25) is 5.91 Å². The number of rotatable bonds is 7. The summed E-state index contributed by atoms with van der Waals surface area (Å²) in [6.45, 7) is 3.60. The van der Waals surface area contributed by atoms with Gasteiger partial charge in [-0.25, -0.2) is 0 Å². The minimum absolute atomic E-state index is 0.0550. The summed E-state index contributed by atoms with van der Waals surface area (Å²) in [6, 6.07) is -0.851. The lowest BCUT2D eigenvalue weighted by molar-refractivity contribution is -0.148. The normalized spacial score (nSPS) is 24.0. The third-order valence-electron chi connectivity index (χ3n) is 3.86. The number of allylic oxidation sites excluding steroid dienone is 2. The first-order valence-corrected chi connectivity index (χ1v) is 7.70. The van der Waals surface area contributed by atoms with Gasteiger partial charge in [0.05, 0.1) is 18.0 Å². The summed E-state index contributed by atoms with van der Waals surface area (Å²) >= 11 is 0. The lowest BCUT2D eigenvalue weighted by Crippen LogP contribution is -2.57. The van der Waals surface area contributed by atoms with Crippen LogP contribution in [0.25, 0.3) is 0 Å². The van der Waals surface area contributed by atoms with E-state index >= 15 is 0 Å². The Bertz CT molecular complexity index is 681. The average molecular weight is 349 g/mol. The van der Waals surface area contributed by atoms with Crippen molar-refractivity contribution in [2.75, 3.05) is 6.54 Å². The molecular formula is C16H19N3O6. The van der Waals surface area contributed by atoms with Crippen molar-refractivity contribution in [2.24, 2.45) is 0 Å². The SMILES string of the molecule is C=C/C=C(/NCCC(=O)O)C1=CC(=O)N(C2CCC(=O)NC2O)C1=O. The maximum atomic E-state index is 12.6. The fraction of sp³-hybridized carbons (Fsp3) is 0.375. The number of hydrogen-bond acceptors (Lipinski definition) is 6. The molecular weight excluding hydrogens is 330 g/mol. The minimum Gasteiger partial charge on any atom is -0.481 e. The first-order chi connectivity index (χ1) is 11.8. The highest BCUT2D eigenvalue weighted by atomic mass is 16.4. The van der Waals surface area contributed by atoms with E-state index in [9.17, 15) is 24.3 Å². The second-order valence-electron chi connectivity index (χ2n) is 5.58. The fourth-order valence-electron chi connectivity index (χ4n) is 2.70. The third kappa shape index (κ3) is 4.13. The van der Waals surface area contributed by atoms with Gasteiger partial charge in [0.25, 0.3) is 11.8 Å². The first-order valence-electron chi connectivity index (χ1n) is 7.70. The molecule has 2 aliphatic heterocycles. The summed E-state index contributed by atoms with van der Waals surface area (Å²) < 4.78 is 0. The van der Waals surface area contributed by atoms with Gasteiger partial charge in [-0.15, -0.1) is 0 Å². The smallest absolute Gasteiger partial charge is 0.305 e. The van der Waals surface area contributed by atoms with Crippen LogP contribution in [0.15, 0.2) is 36.1 Å². The van der Waals surface area contributed by atoms with Crippen molar-refractivity contribution in [1.82, 2.24) is 15.5 Å². The molecule has 134 valence electrons. The van der Waals surface area contributed by atoms with Crippen molar-refractivity contribution >= 4 is 23.7 Å². The Labute approximate surface area is 143 Å². The molecule has 9 nitrogen and oxygen atoms in total. The standard InChI is InChI=1S/C16H19N3O6/c1-2-3-10(17-7-6-14(22)23)9-8-13(21)19(16(9)25)11-4-5-12(20)18-15(11)24/h2-3,8,11,15,17,24H,1,4-7H2,(H,18,20)(H,22,23)/b10-3+. The molecule has 1 saturated heterocycles. The van der Waals surface area contributed by atoms with Crippen molar-refractivity contribution in [2.45, 2.75) is 31.5 Å². The number of aliphatic hydroxyl groups excluding tert-OH is 1. The Morgan fingerprint density at radius 3 is 2.76 bits per heavy atom. The van der Waals surface area contributed by atoms with E-state index in [4.69, 9.17) is 5.11 Å². The Kier molecular flexibility index (Phi) is 5.71. The molecule has 0 aliphatic carbocycles. The Balaban J connectivity index is 2.15. The Morgan fingerprint density at radius 2 is 2.16 bits per heavy atom. The number of hydrogen-bond donors (Lipinski definition) is 4. The molecule has 0 saturated carbocycles. The van der Waals surface area contributed by atoms with E-state index in [2.05, 4.69) is 17.2 Å². The molecule has 9 heteroatoms. The summed E-state index contributed by atoms with van der Waals surface area (Å²) in [5, 5.41) is 23.7. The molecule has 2 unspecified atom stereocenters. The van der Waals surface area contributed by atoms with E-state index in [0.29, 0.717) is 0 Å². The highest BCUT2D eigenvalue weighted by Crippen LogP contribution is 2.25. The van der Waals surface area contributed by atoms with Gasteiger partial charge in [0.15, 0.2) is 0 Å². The summed E-state index contributed by atoms with van der Waals surface area (Å²) in [6.07, 6.45) is 2.75. The molecule has 0 bridgehead atoms. The molecule has 2 atom stereocenters. The monoisotopic (exact) mass is 349 g/mol. The van der Waals surface area contributed by atoms with Crippen LogP contribution >= 0.6 is 0 Å². The van der Waals surface area contributed by atoms with Crippen LogP contribution in [0.1, 0.15) is 19.3 Å². The summed E-state index contributed by atoms with van der Waals surface area (Å²) in [7, 11) is 0. The number of piperidine rings is 1. The number of carboxylic acids is 1. The number of nitrogens with one attached hydrogen (secondary N) is 2. The predicted octanol–water partition coefficient (Wildman–Crippen LogP) is -0.987. The maximum absolute atomic E-state index is 12.6. The third-order valence-corrected chi connectivity index (χ3v) is 3.86. The molecule has 2 aliphatic rings. The Morgan fingerprint density at radius 1 is 1.44 bits per heavy atom. The van der Waals surface area contributed by atoms with E-state index in [0.717, 1.165) is 11.0 Å². The second-order valence-corrected chi connectivity index (χ2v) is 5.58. The highest BCUT2D eigenvalue weighted by molar-refractivity contribution is 6.18. The number of carboxylic acid groups (broad SMARTS) is 1. The summed E-state index contributed by atoms with van der Waals surface area (Å²) in [4.78, 5) is 47.7. The quantitative estimate of drug-likeness (QED) is 0.342. The number of amides is 3. The van der Waals surface area contributed by atoms with Crippen molar-refractivity contribution in [3.8, 4) is 0 Å². The highest BCUT2D eigenvalue weighted by Gasteiger charge is 2.42. The molecule has 0 radical (unpaired) electrons. The van der Waals surface area contributed by atoms with E-state index in [-0.39, 0.29) is 43.0 Å². The molecule has 0 aromatic rings. The second kappa shape index (κ2) is 7.75. The Hall–Kier alpha value is -2.94. The van der Waals surface area contributed by atoms with Crippen LogP contribution in [0.3, 0.4) is 0 Å². The van der Waals surface area contributed by atoms with Gasteiger partial charge in [0.1, 0.15) is 6.23 Å². The lowest BCUT2D eigenvalue weighted by atomic mass is 10.0. The molecule has 2 rings (SSSR count). The van der Waals surface area contributed by atoms with Crippen molar-refractivity contribution < 1.29 is 29.4 Å². The number of aliphatic hydroxyl groups is 1. The zero-order chi connectivity index (χ0) is 18.6. The fourth-order valence-corrected chi connectivity index (χ4v) is 2.70. The van der Waals surface area contributed by atoms with Crippen LogP contribution in [0, 0.1) is 0 Å². The summed E-state index contributed by atoms with van der Waals surface area (Å²) in [5.74, 6) is -2.58. The van der Waals surface area contributed by atoms with Crippen LogP contribution in [-0.2, 0) is 19.2 Å². The van der Waals surface area contributed by atoms with Crippen LogP contribution in [-0.4, -0.2) is 57.6 Å². The van der Waals surface area contributed by atoms with Crippen LogP contribution in [0.2, 0.25) is 0 Å². The molecule has 0 aromatic heterocycles. The van der Waals surface area contributed by atoms with Crippen LogP contribution in [0.5, 0.6) is 0 Å². The van der Waals surface area contributed by atoms with Gasteiger partial charge in [-0.05, 0) is 12.5 Å². The number of nitrogens with zero attached hydrogens (tertiary/aromatic N) is 1. The number of imide groups is 1. The van der Waals surface area contributed by atoms with Gasteiger partial charge >= 0.3 is 5.97 Å². The van der Waals surface area contributed by atoms with Crippen LogP contribution < -0.4 is 10.6 Å². The first kappa shape index (κ1) is 18.4. The van der Waals surface area contributed by atoms with Gasteiger partial charge in [-0.1, -0.05) is 12.7 Å². The molecule has 25 heavy (non-hydrogen) atoms. The van der Waals surface area contributed by atoms with E-state index in [1.807, 2.05) is 0 Å². The van der Waals surface area contributed by atoms with Crippen LogP contribution in [0.4, 0.5) is 0 Å². The molecule has 1 fully saturated rings. The molecule has 4 N–H and O–H groups in total. The van der Waals surface area contributed by atoms with E-state index in [1.54, 1.807) is 0 Å². The zero-order valence-corrected chi connectivity index (χ0v) is 13.4. The van der Waals surface area contributed by atoms with Crippen molar-refractivity contribution in [3.63, 3.8) is 0 Å². The zero-order valence-electron chi connectivity index (χ0n) is 13.4. The van der Waals surface area contributed by atoms with Crippen molar-refractivity contribution in [1.29, 1.82) is 0 Å². The largest absolute Gasteiger partial charge is 0.481 e. The van der Waals surface area contributed by atoms with Gasteiger partial charge < -0.3 is 20.8 Å².